The third-order valence-corrected chi connectivity index (χ3v) is 4.83. The highest BCUT2D eigenvalue weighted by atomic mass is 35.5. The van der Waals surface area contributed by atoms with Gasteiger partial charge in [0.25, 0.3) is 0 Å². The number of hydrogen-bond acceptors (Lipinski definition) is 3. The monoisotopic (exact) mass is 401 g/mol. The van der Waals surface area contributed by atoms with Crippen LogP contribution in [-0.2, 0) is 22.6 Å². The van der Waals surface area contributed by atoms with Crippen molar-refractivity contribution in [2.24, 2.45) is 5.41 Å². The van der Waals surface area contributed by atoms with E-state index in [4.69, 9.17) is 0 Å². The van der Waals surface area contributed by atoms with Gasteiger partial charge in [-0.3, -0.25) is 9.59 Å². The second-order valence-corrected chi connectivity index (χ2v) is 8.13. The van der Waals surface area contributed by atoms with Crippen LogP contribution in [0.25, 0.3) is 0 Å². The van der Waals surface area contributed by atoms with Crippen molar-refractivity contribution < 1.29 is 9.59 Å². The SMILES string of the molecule is Cc1ccc(NC(=O)C2Cc3ccccc3CN2)cc1NC(=O)C(C)(C)C.Cl. The van der Waals surface area contributed by atoms with Crippen LogP contribution in [0.15, 0.2) is 42.5 Å². The second kappa shape index (κ2) is 8.76. The van der Waals surface area contributed by atoms with Crippen molar-refractivity contribution in [2.75, 3.05) is 10.6 Å². The average Bonchev–Trinajstić information content (AvgIpc) is 2.63. The number of halogens is 1. The van der Waals surface area contributed by atoms with Crippen LogP contribution in [0.5, 0.6) is 0 Å². The first kappa shape index (κ1) is 21.9. The molecule has 0 fully saturated rings. The molecular formula is C22H28ClN3O2. The van der Waals surface area contributed by atoms with Crippen molar-refractivity contribution in [1.29, 1.82) is 0 Å². The highest BCUT2D eigenvalue weighted by Gasteiger charge is 2.25. The van der Waals surface area contributed by atoms with E-state index in [0.717, 1.165) is 11.3 Å². The zero-order valence-corrected chi connectivity index (χ0v) is 17.6. The number of nitrogens with one attached hydrogen (secondary N) is 3. The third kappa shape index (κ3) is 5.12. The fourth-order valence-corrected chi connectivity index (χ4v) is 3.01. The fraction of sp³-hybridized carbons (Fsp3) is 0.364. The van der Waals surface area contributed by atoms with E-state index in [1.807, 2.05) is 58.0 Å². The average molecular weight is 402 g/mol. The van der Waals surface area contributed by atoms with Gasteiger partial charge in [0, 0.05) is 23.3 Å². The van der Waals surface area contributed by atoms with E-state index >= 15 is 0 Å². The van der Waals surface area contributed by atoms with Gasteiger partial charge in [-0.25, -0.2) is 0 Å². The third-order valence-electron chi connectivity index (χ3n) is 4.83. The first-order valence-corrected chi connectivity index (χ1v) is 9.27. The summed E-state index contributed by atoms with van der Waals surface area (Å²) in [6.07, 6.45) is 0.668. The molecular weight excluding hydrogens is 374 g/mol. The Balaban J connectivity index is 0.00000280. The standard InChI is InChI=1S/C22H27N3O2.ClH/c1-14-9-10-17(12-18(14)25-21(27)22(2,3)4)24-20(26)19-11-15-7-5-6-8-16(15)13-23-19;/h5-10,12,19,23H,11,13H2,1-4H3,(H,24,26)(H,25,27);1H. The van der Waals surface area contributed by atoms with Crippen LogP contribution < -0.4 is 16.0 Å². The summed E-state index contributed by atoms with van der Waals surface area (Å²) in [5.41, 5.74) is 4.31. The Morgan fingerprint density at radius 3 is 2.39 bits per heavy atom. The lowest BCUT2D eigenvalue weighted by atomic mass is 9.95. The molecule has 0 aromatic heterocycles. The molecule has 2 aromatic rings. The Bertz CT molecular complexity index is 874. The van der Waals surface area contributed by atoms with Crippen LogP contribution in [-0.4, -0.2) is 17.9 Å². The van der Waals surface area contributed by atoms with Crippen molar-refractivity contribution in [3.8, 4) is 0 Å². The molecule has 150 valence electrons. The topological polar surface area (TPSA) is 70.2 Å². The molecule has 6 heteroatoms. The van der Waals surface area contributed by atoms with E-state index in [9.17, 15) is 9.59 Å². The van der Waals surface area contributed by atoms with Gasteiger partial charge in [-0.2, -0.15) is 0 Å². The lowest BCUT2D eigenvalue weighted by molar-refractivity contribution is -0.123. The minimum Gasteiger partial charge on any atom is -0.325 e. The molecule has 0 radical (unpaired) electrons. The molecule has 0 aliphatic carbocycles. The molecule has 1 atom stereocenters. The number of hydrogen-bond donors (Lipinski definition) is 3. The minimum atomic E-state index is -0.481. The number of amides is 2. The molecule has 28 heavy (non-hydrogen) atoms. The molecule has 0 bridgehead atoms. The summed E-state index contributed by atoms with van der Waals surface area (Å²) in [7, 11) is 0. The minimum absolute atomic E-state index is 0. The Morgan fingerprint density at radius 2 is 1.71 bits per heavy atom. The van der Waals surface area contributed by atoms with Crippen molar-refractivity contribution in [1.82, 2.24) is 5.32 Å². The maximum Gasteiger partial charge on any atom is 0.241 e. The van der Waals surface area contributed by atoms with Crippen LogP contribution in [0.2, 0.25) is 0 Å². The van der Waals surface area contributed by atoms with Crippen LogP contribution in [0, 0.1) is 12.3 Å². The van der Waals surface area contributed by atoms with Gasteiger partial charge in [0.05, 0.1) is 6.04 Å². The van der Waals surface area contributed by atoms with E-state index in [2.05, 4.69) is 28.1 Å². The summed E-state index contributed by atoms with van der Waals surface area (Å²) in [5.74, 6) is -0.124. The second-order valence-electron chi connectivity index (χ2n) is 8.13. The Kier molecular flexibility index (Phi) is 6.86. The maximum atomic E-state index is 12.7. The molecule has 5 nitrogen and oxygen atoms in total. The summed E-state index contributed by atoms with van der Waals surface area (Å²) < 4.78 is 0. The predicted octanol–water partition coefficient (Wildman–Crippen LogP) is 4.05. The molecule has 1 heterocycles. The molecule has 0 saturated heterocycles. The Morgan fingerprint density at radius 1 is 1.04 bits per heavy atom. The molecule has 3 N–H and O–H groups in total. The first-order valence-electron chi connectivity index (χ1n) is 9.27. The largest absolute Gasteiger partial charge is 0.325 e. The quantitative estimate of drug-likeness (QED) is 0.726. The van der Waals surface area contributed by atoms with E-state index in [1.165, 1.54) is 11.1 Å². The summed E-state index contributed by atoms with van der Waals surface area (Å²) in [4.78, 5) is 25.0. The van der Waals surface area contributed by atoms with Crippen LogP contribution >= 0.6 is 12.4 Å². The smallest absolute Gasteiger partial charge is 0.241 e. The van der Waals surface area contributed by atoms with Crippen molar-refractivity contribution in [3.05, 3.63) is 59.2 Å². The van der Waals surface area contributed by atoms with Gasteiger partial charge in [0.1, 0.15) is 0 Å². The molecule has 1 aliphatic rings. The van der Waals surface area contributed by atoms with Gasteiger partial charge >= 0.3 is 0 Å². The lowest BCUT2D eigenvalue weighted by Gasteiger charge is -2.25. The molecule has 3 rings (SSSR count). The van der Waals surface area contributed by atoms with Crippen LogP contribution in [0.4, 0.5) is 11.4 Å². The molecule has 1 aliphatic heterocycles. The lowest BCUT2D eigenvalue weighted by Crippen LogP contribution is -2.44. The van der Waals surface area contributed by atoms with Gasteiger partial charge in [-0.15, -0.1) is 12.4 Å². The van der Waals surface area contributed by atoms with E-state index in [1.54, 1.807) is 0 Å². The number of rotatable bonds is 3. The summed E-state index contributed by atoms with van der Waals surface area (Å²) in [5, 5.41) is 9.21. The predicted molar refractivity (Wildman–Crippen MR) is 116 cm³/mol. The van der Waals surface area contributed by atoms with E-state index in [-0.39, 0.29) is 30.3 Å². The first-order chi connectivity index (χ1) is 12.7. The summed E-state index contributed by atoms with van der Waals surface area (Å²) in [6.45, 7) is 8.24. The number of fused-ring (bicyclic) bond motifs is 1. The van der Waals surface area contributed by atoms with E-state index in [0.29, 0.717) is 18.7 Å². The van der Waals surface area contributed by atoms with Gasteiger partial charge in [-0.1, -0.05) is 51.1 Å². The highest BCUT2D eigenvalue weighted by Crippen LogP contribution is 2.24. The Hall–Kier alpha value is -2.37. The zero-order chi connectivity index (χ0) is 19.6. The summed E-state index contributed by atoms with van der Waals surface area (Å²) in [6, 6.07) is 13.5. The molecule has 0 saturated carbocycles. The van der Waals surface area contributed by atoms with Crippen molar-refractivity contribution in [3.63, 3.8) is 0 Å². The molecule has 2 amide bonds. The number of carbonyl (C=O) groups is 2. The Labute approximate surface area is 172 Å². The van der Waals surface area contributed by atoms with Crippen LogP contribution in [0.1, 0.15) is 37.5 Å². The number of anilines is 2. The van der Waals surface area contributed by atoms with Crippen LogP contribution in [0.3, 0.4) is 0 Å². The molecule has 1 unspecified atom stereocenters. The van der Waals surface area contributed by atoms with Gasteiger partial charge in [0.15, 0.2) is 0 Å². The fourth-order valence-electron chi connectivity index (χ4n) is 3.01. The maximum absolute atomic E-state index is 12.7. The number of carbonyl (C=O) groups excluding carboxylic acids is 2. The highest BCUT2D eigenvalue weighted by molar-refractivity contribution is 5.98. The van der Waals surface area contributed by atoms with Gasteiger partial charge < -0.3 is 16.0 Å². The van der Waals surface area contributed by atoms with Gasteiger partial charge in [0.2, 0.25) is 11.8 Å². The zero-order valence-electron chi connectivity index (χ0n) is 16.8. The molecule has 0 spiro atoms. The number of aryl methyl sites for hydroxylation is 1. The van der Waals surface area contributed by atoms with E-state index < -0.39 is 5.41 Å². The normalized spacial score (nSPS) is 15.8. The van der Waals surface area contributed by atoms with Gasteiger partial charge in [-0.05, 0) is 42.2 Å². The molecule has 2 aromatic carbocycles. The number of benzene rings is 2. The summed E-state index contributed by atoms with van der Waals surface area (Å²) >= 11 is 0. The van der Waals surface area contributed by atoms with Crippen molar-refractivity contribution in [2.45, 2.75) is 46.7 Å². The van der Waals surface area contributed by atoms with Crippen molar-refractivity contribution >= 4 is 35.6 Å².